The predicted octanol–water partition coefficient (Wildman–Crippen LogP) is 2.57. The van der Waals surface area contributed by atoms with Crippen LogP contribution < -0.4 is 10.1 Å². The fourth-order valence-corrected chi connectivity index (χ4v) is 2.61. The molecule has 1 amide bonds. The third kappa shape index (κ3) is 3.15. The first kappa shape index (κ1) is 15.0. The lowest BCUT2D eigenvalue weighted by Gasteiger charge is -2.11. The van der Waals surface area contributed by atoms with Gasteiger partial charge in [-0.1, -0.05) is 12.6 Å². The Bertz CT molecular complexity index is 773. The number of nitrogens with one attached hydrogen (secondary N) is 1. The molecule has 0 spiro atoms. The van der Waals surface area contributed by atoms with Gasteiger partial charge >= 0.3 is 0 Å². The van der Waals surface area contributed by atoms with Crippen LogP contribution in [0.4, 0.5) is 11.5 Å². The average Bonchev–Trinajstić information content (AvgIpc) is 2.96. The summed E-state index contributed by atoms with van der Waals surface area (Å²) in [5.41, 5.74) is 3.20. The fraction of sp³-hybridized carbons (Fsp3) is 0.235. The molecule has 2 heterocycles. The minimum Gasteiger partial charge on any atom is -0.481 e. The van der Waals surface area contributed by atoms with Gasteiger partial charge in [0, 0.05) is 24.8 Å². The molecule has 2 aromatic rings. The number of aryl methyl sites for hydroxylation is 1. The zero-order valence-electron chi connectivity index (χ0n) is 13.2. The molecule has 1 aliphatic heterocycles. The van der Waals surface area contributed by atoms with Crippen LogP contribution in [0.3, 0.4) is 0 Å². The van der Waals surface area contributed by atoms with Crippen molar-refractivity contribution in [3.8, 4) is 5.88 Å². The number of rotatable bonds is 4. The average molecular weight is 310 g/mol. The molecule has 1 N–H and O–H groups in total. The lowest BCUT2D eigenvalue weighted by Crippen LogP contribution is -2.22. The van der Waals surface area contributed by atoms with Gasteiger partial charge in [0.05, 0.1) is 7.11 Å². The first-order valence-electron chi connectivity index (χ1n) is 7.29. The van der Waals surface area contributed by atoms with E-state index < -0.39 is 0 Å². The van der Waals surface area contributed by atoms with Crippen LogP contribution in [0.25, 0.3) is 0 Å². The lowest BCUT2D eigenvalue weighted by atomic mass is 10.1. The third-order valence-corrected chi connectivity index (χ3v) is 3.71. The van der Waals surface area contributed by atoms with Gasteiger partial charge in [0.2, 0.25) is 11.8 Å². The van der Waals surface area contributed by atoms with Crippen LogP contribution in [0.5, 0.6) is 5.88 Å². The minimum absolute atomic E-state index is 0.0492. The molecule has 6 heteroatoms. The van der Waals surface area contributed by atoms with Crippen molar-refractivity contribution in [2.75, 3.05) is 12.4 Å². The second-order valence-corrected chi connectivity index (χ2v) is 5.35. The SMILES string of the molecule is C=CC(=O)N1Cc2ccc(Nc3cc(OC)nc(C)n3)cc2C1. The number of aromatic nitrogens is 2. The first-order chi connectivity index (χ1) is 11.1. The van der Waals surface area contributed by atoms with Crippen LogP contribution in [-0.2, 0) is 17.9 Å². The molecular formula is C17H18N4O2. The van der Waals surface area contributed by atoms with Crippen LogP contribution in [-0.4, -0.2) is 27.9 Å². The molecule has 0 aliphatic carbocycles. The molecule has 1 aromatic heterocycles. The van der Waals surface area contributed by atoms with E-state index in [0.717, 1.165) is 16.8 Å². The Labute approximate surface area is 134 Å². The molecule has 0 fully saturated rings. The van der Waals surface area contributed by atoms with Crippen molar-refractivity contribution < 1.29 is 9.53 Å². The van der Waals surface area contributed by atoms with Crippen molar-refractivity contribution in [1.82, 2.24) is 14.9 Å². The summed E-state index contributed by atoms with van der Waals surface area (Å²) in [5, 5.41) is 3.25. The fourth-order valence-electron chi connectivity index (χ4n) is 2.61. The van der Waals surface area contributed by atoms with Gasteiger partial charge in [-0.3, -0.25) is 4.79 Å². The number of ether oxygens (including phenoxy) is 1. The second-order valence-electron chi connectivity index (χ2n) is 5.35. The topological polar surface area (TPSA) is 67.4 Å². The lowest BCUT2D eigenvalue weighted by molar-refractivity contribution is -0.126. The highest BCUT2D eigenvalue weighted by atomic mass is 16.5. The highest BCUT2D eigenvalue weighted by molar-refractivity contribution is 5.87. The molecule has 23 heavy (non-hydrogen) atoms. The molecule has 0 saturated carbocycles. The van der Waals surface area contributed by atoms with E-state index in [2.05, 4.69) is 21.9 Å². The van der Waals surface area contributed by atoms with Gasteiger partial charge in [-0.2, -0.15) is 4.98 Å². The van der Waals surface area contributed by atoms with Gasteiger partial charge in [0.15, 0.2) is 0 Å². The maximum atomic E-state index is 11.7. The Morgan fingerprint density at radius 3 is 2.83 bits per heavy atom. The van der Waals surface area contributed by atoms with Crippen LogP contribution >= 0.6 is 0 Å². The molecule has 118 valence electrons. The van der Waals surface area contributed by atoms with Gasteiger partial charge in [-0.05, 0) is 36.3 Å². The molecule has 0 bridgehead atoms. The van der Waals surface area contributed by atoms with E-state index in [1.165, 1.54) is 6.08 Å². The van der Waals surface area contributed by atoms with Crippen LogP contribution in [0, 0.1) is 6.92 Å². The summed E-state index contributed by atoms with van der Waals surface area (Å²) in [6.07, 6.45) is 1.35. The Balaban J connectivity index is 1.80. The number of anilines is 2. The number of carbonyl (C=O) groups is 1. The van der Waals surface area contributed by atoms with Crippen LogP contribution in [0.15, 0.2) is 36.9 Å². The highest BCUT2D eigenvalue weighted by Crippen LogP contribution is 2.27. The van der Waals surface area contributed by atoms with E-state index in [4.69, 9.17) is 4.74 Å². The Morgan fingerprint density at radius 2 is 2.09 bits per heavy atom. The van der Waals surface area contributed by atoms with Gasteiger partial charge in [0.1, 0.15) is 11.6 Å². The molecule has 1 aliphatic rings. The molecule has 3 rings (SSSR count). The first-order valence-corrected chi connectivity index (χ1v) is 7.29. The molecule has 0 unspecified atom stereocenters. The summed E-state index contributed by atoms with van der Waals surface area (Å²) in [6.45, 7) is 6.58. The molecule has 0 saturated heterocycles. The van der Waals surface area contributed by atoms with Crippen molar-refractivity contribution in [1.29, 1.82) is 0 Å². The number of hydrogen-bond donors (Lipinski definition) is 1. The van der Waals surface area contributed by atoms with Crippen LogP contribution in [0.2, 0.25) is 0 Å². The Morgan fingerprint density at radius 1 is 1.30 bits per heavy atom. The van der Waals surface area contributed by atoms with Gasteiger partial charge < -0.3 is 15.0 Å². The number of benzene rings is 1. The van der Waals surface area contributed by atoms with Gasteiger partial charge in [-0.25, -0.2) is 4.98 Å². The summed E-state index contributed by atoms with van der Waals surface area (Å²) < 4.78 is 5.16. The highest BCUT2D eigenvalue weighted by Gasteiger charge is 2.21. The number of nitrogens with zero attached hydrogens (tertiary/aromatic N) is 3. The number of fused-ring (bicyclic) bond motifs is 1. The summed E-state index contributed by atoms with van der Waals surface area (Å²) in [7, 11) is 1.58. The molecular weight excluding hydrogens is 292 g/mol. The molecule has 0 radical (unpaired) electrons. The third-order valence-electron chi connectivity index (χ3n) is 3.71. The largest absolute Gasteiger partial charge is 0.481 e. The van der Waals surface area contributed by atoms with Crippen molar-refractivity contribution in [2.45, 2.75) is 20.0 Å². The Hall–Kier alpha value is -2.89. The summed E-state index contributed by atoms with van der Waals surface area (Å²) >= 11 is 0. The van der Waals surface area contributed by atoms with Gasteiger partial charge in [-0.15, -0.1) is 0 Å². The molecule has 1 aromatic carbocycles. The zero-order valence-corrected chi connectivity index (χ0v) is 13.2. The quantitative estimate of drug-likeness (QED) is 0.879. The van der Waals surface area contributed by atoms with E-state index in [-0.39, 0.29) is 5.91 Å². The Kier molecular flexibility index (Phi) is 3.97. The monoisotopic (exact) mass is 310 g/mol. The summed E-state index contributed by atoms with van der Waals surface area (Å²) in [5.74, 6) is 1.78. The maximum Gasteiger partial charge on any atom is 0.246 e. The van der Waals surface area contributed by atoms with E-state index in [1.807, 2.05) is 25.1 Å². The number of hydrogen-bond acceptors (Lipinski definition) is 5. The minimum atomic E-state index is -0.0492. The van der Waals surface area contributed by atoms with E-state index in [1.54, 1.807) is 18.1 Å². The molecule has 6 nitrogen and oxygen atoms in total. The summed E-state index contributed by atoms with van der Waals surface area (Å²) in [4.78, 5) is 22.0. The number of carbonyl (C=O) groups excluding carboxylic acids is 1. The van der Waals surface area contributed by atoms with Gasteiger partial charge in [0.25, 0.3) is 0 Å². The van der Waals surface area contributed by atoms with Crippen molar-refractivity contribution >= 4 is 17.4 Å². The van der Waals surface area contributed by atoms with E-state index in [0.29, 0.717) is 30.6 Å². The van der Waals surface area contributed by atoms with Crippen molar-refractivity contribution in [3.63, 3.8) is 0 Å². The number of methoxy groups -OCH3 is 1. The zero-order chi connectivity index (χ0) is 16.4. The summed E-state index contributed by atoms with van der Waals surface area (Å²) in [6, 6.07) is 7.79. The van der Waals surface area contributed by atoms with Crippen molar-refractivity contribution in [3.05, 3.63) is 53.9 Å². The van der Waals surface area contributed by atoms with Crippen LogP contribution in [0.1, 0.15) is 17.0 Å². The standard InChI is InChI=1S/C17H18N4O2/c1-4-17(22)21-9-12-5-6-14(7-13(12)10-21)20-15-8-16(23-3)19-11(2)18-15/h4-8H,1,9-10H2,2-3H3,(H,18,19,20). The predicted molar refractivity (Wildman–Crippen MR) is 87.5 cm³/mol. The van der Waals surface area contributed by atoms with E-state index >= 15 is 0 Å². The second kappa shape index (κ2) is 6.08. The molecule has 0 atom stereocenters. The smallest absolute Gasteiger partial charge is 0.246 e. The van der Waals surface area contributed by atoms with Crippen molar-refractivity contribution in [2.24, 2.45) is 0 Å². The normalized spacial score (nSPS) is 12.7. The number of amides is 1. The maximum absolute atomic E-state index is 11.7. The van der Waals surface area contributed by atoms with E-state index in [9.17, 15) is 4.79 Å².